The molecule has 0 radical (unpaired) electrons. The first-order valence-corrected chi connectivity index (χ1v) is 6.61. The molecule has 16 heavy (non-hydrogen) atoms. The Morgan fingerprint density at radius 3 is 2.88 bits per heavy atom. The standard InChI is InChI=1S/C8H17N3O4S/c1-2-15-8(12)10-16(13,14)11-5-3-4-7(11)6-9/h7H,2-6,9H2,1H3,(H,10,12). The van der Waals surface area contributed by atoms with Crippen LogP contribution in [0.25, 0.3) is 0 Å². The van der Waals surface area contributed by atoms with Crippen LogP contribution in [0.1, 0.15) is 19.8 Å². The molecule has 0 aromatic heterocycles. The summed E-state index contributed by atoms with van der Waals surface area (Å²) in [4.78, 5) is 11.0. The van der Waals surface area contributed by atoms with E-state index in [0.29, 0.717) is 6.54 Å². The molecule has 1 saturated heterocycles. The van der Waals surface area contributed by atoms with Crippen LogP contribution in [0, 0.1) is 0 Å². The summed E-state index contributed by atoms with van der Waals surface area (Å²) < 4.78 is 31.1. The maximum Gasteiger partial charge on any atom is 0.421 e. The molecule has 8 heteroatoms. The van der Waals surface area contributed by atoms with Gasteiger partial charge in [-0.05, 0) is 19.8 Å². The number of nitrogens with zero attached hydrogens (tertiary/aromatic N) is 1. The van der Waals surface area contributed by atoms with Crippen LogP contribution >= 0.6 is 0 Å². The van der Waals surface area contributed by atoms with Crippen LogP contribution in [0.3, 0.4) is 0 Å². The second-order valence-corrected chi connectivity index (χ2v) is 5.09. The van der Waals surface area contributed by atoms with E-state index < -0.39 is 16.3 Å². The highest BCUT2D eigenvalue weighted by Crippen LogP contribution is 2.19. The number of carbonyl (C=O) groups is 1. The smallest absolute Gasteiger partial charge is 0.421 e. The van der Waals surface area contributed by atoms with Crippen LogP contribution in [0.2, 0.25) is 0 Å². The minimum Gasteiger partial charge on any atom is -0.449 e. The minimum absolute atomic E-state index is 0.127. The van der Waals surface area contributed by atoms with Crippen LogP contribution in [0.5, 0.6) is 0 Å². The number of carbonyl (C=O) groups excluding carboxylic acids is 1. The lowest BCUT2D eigenvalue weighted by Crippen LogP contribution is -2.47. The Morgan fingerprint density at radius 2 is 2.31 bits per heavy atom. The Labute approximate surface area is 95.1 Å². The summed E-state index contributed by atoms with van der Waals surface area (Å²) in [6.45, 7) is 2.37. The van der Waals surface area contributed by atoms with Crippen LogP contribution in [0.15, 0.2) is 0 Å². The molecule has 94 valence electrons. The molecule has 7 nitrogen and oxygen atoms in total. The molecule has 1 aliphatic rings. The van der Waals surface area contributed by atoms with Crippen LogP contribution in [0.4, 0.5) is 4.79 Å². The average Bonchev–Trinajstić information content (AvgIpc) is 2.65. The molecular formula is C8H17N3O4S. The number of ether oxygens (including phenoxy) is 1. The Kier molecular flexibility index (Phi) is 4.51. The van der Waals surface area contributed by atoms with E-state index in [1.807, 2.05) is 4.72 Å². The van der Waals surface area contributed by atoms with E-state index in [1.165, 1.54) is 4.31 Å². The molecule has 0 aromatic rings. The highest BCUT2D eigenvalue weighted by Gasteiger charge is 2.34. The highest BCUT2D eigenvalue weighted by atomic mass is 32.2. The lowest BCUT2D eigenvalue weighted by molar-refractivity contribution is 0.158. The first-order chi connectivity index (χ1) is 7.51. The van der Waals surface area contributed by atoms with Crippen molar-refractivity contribution in [3.8, 4) is 0 Å². The van der Waals surface area contributed by atoms with Crippen molar-refractivity contribution in [2.24, 2.45) is 5.73 Å². The molecular weight excluding hydrogens is 234 g/mol. The zero-order valence-corrected chi connectivity index (χ0v) is 10.00. The number of nitrogens with two attached hydrogens (primary N) is 1. The SMILES string of the molecule is CCOC(=O)NS(=O)(=O)N1CCCC1CN. The van der Waals surface area contributed by atoms with Gasteiger partial charge in [-0.25, -0.2) is 9.52 Å². The molecule has 1 rings (SSSR count). The quantitative estimate of drug-likeness (QED) is 0.694. The summed E-state index contributed by atoms with van der Waals surface area (Å²) in [6.07, 6.45) is 0.524. The van der Waals surface area contributed by atoms with E-state index in [2.05, 4.69) is 4.74 Å². The van der Waals surface area contributed by atoms with Crippen LogP contribution in [-0.2, 0) is 14.9 Å². The van der Waals surface area contributed by atoms with Gasteiger partial charge in [0.1, 0.15) is 0 Å². The van der Waals surface area contributed by atoms with Crippen molar-refractivity contribution < 1.29 is 17.9 Å². The van der Waals surface area contributed by atoms with Gasteiger partial charge in [-0.1, -0.05) is 0 Å². The summed E-state index contributed by atoms with van der Waals surface area (Å²) >= 11 is 0. The molecule has 1 unspecified atom stereocenters. The van der Waals surface area contributed by atoms with Gasteiger partial charge in [-0.3, -0.25) is 0 Å². The predicted molar refractivity (Wildman–Crippen MR) is 57.9 cm³/mol. The van der Waals surface area contributed by atoms with Gasteiger partial charge in [-0.15, -0.1) is 0 Å². The molecule has 1 fully saturated rings. The maximum atomic E-state index is 11.7. The molecule has 1 amide bonds. The third kappa shape index (κ3) is 3.06. The van der Waals surface area contributed by atoms with Gasteiger partial charge in [0.15, 0.2) is 0 Å². The van der Waals surface area contributed by atoms with Crippen molar-refractivity contribution in [1.82, 2.24) is 9.03 Å². The average molecular weight is 251 g/mol. The Hall–Kier alpha value is -0.860. The Bertz CT molecular complexity index is 343. The number of hydrogen-bond donors (Lipinski definition) is 2. The topological polar surface area (TPSA) is 102 Å². The zero-order chi connectivity index (χ0) is 12.2. The van der Waals surface area contributed by atoms with E-state index in [9.17, 15) is 13.2 Å². The van der Waals surface area contributed by atoms with Crippen molar-refractivity contribution >= 4 is 16.3 Å². The molecule has 0 spiro atoms. The molecule has 0 saturated carbocycles. The first-order valence-electron chi connectivity index (χ1n) is 5.17. The van der Waals surface area contributed by atoms with Gasteiger partial charge in [-0.2, -0.15) is 12.7 Å². The summed E-state index contributed by atoms with van der Waals surface area (Å²) in [7, 11) is -3.81. The second kappa shape index (κ2) is 5.46. The first kappa shape index (κ1) is 13.2. The largest absolute Gasteiger partial charge is 0.449 e. The maximum absolute atomic E-state index is 11.7. The van der Waals surface area contributed by atoms with E-state index >= 15 is 0 Å². The number of nitrogens with one attached hydrogen (secondary N) is 1. The van der Waals surface area contributed by atoms with Crippen LogP contribution in [-0.4, -0.2) is 44.6 Å². The van der Waals surface area contributed by atoms with Crippen molar-refractivity contribution in [3.63, 3.8) is 0 Å². The third-order valence-electron chi connectivity index (χ3n) is 2.39. The zero-order valence-electron chi connectivity index (χ0n) is 9.18. The third-order valence-corrected chi connectivity index (χ3v) is 3.91. The molecule has 0 aromatic carbocycles. The second-order valence-electron chi connectivity index (χ2n) is 3.47. The molecule has 1 aliphatic heterocycles. The van der Waals surface area contributed by atoms with E-state index in [-0.39, 0.29) is 19.2 Å². The molecule has 1 heterocycles. The molecule has 3 N–H and O–H groups in total. The van der Waals surface area contributed by atoms with Crippen molar-refractivity contribution in [2.75, 3.05) is 19.7 Å². The summed E-state index contributed by atoms with van der Waals surface area (Å²) in [5.74, 6) is 0. The number of amides is 1. The van der Waals surface area contributed by atoms with Gasteiger partial charge >= 0.3 is 16.3 Å². The lowest BCUT2D eigenvalue weighted by Gasteiger charge is -2.22. The number of rotatable bonds is 4. The summed E-state index contributed by atoms with van der Waals surface area (Å²) in [6, 6.07) is -0.230. The molecule has 0 aliphatic carbocycles. The molecule has 1 atom stereocenters. The van der Waals surface area contributed by atoms with Gasteiger partial charge < -0.3 is 10.5 Å². The fraction of sp³-hybridized carbons (Fsp3) is 0.875. The van der Waals surface area contributed by atoms with Gasteiger partial charge in [0, 0.05) is 19.1 Å². The van der Waals surface area contributed by atoms with E-state index in [1.54, 1.807) is 6.92 Å². The van der Waals surface area contributed by atoms with Gasteiger partial charge in [0.2, 0.25) is 0 Å². The monoisotopic (exact) mass is 251 g/mol. The minimum atomic E-state index is -3.81. The Balaban J connectivity index is 2.66. The van der Waals surface area contributed by atoms with Crippen molar-refractivity contribution in [3.05, 3.63) is 0 Å². The fourth-order valence-electron chi connectivity index (χ4n) is 1.69. The summed E-state index contributed by atoms with van der Waals surface area (Å²) in [5, 5.41) is 0. The van der Waals surface area contributed by atoms with Crippen molar-refractivity contribution in [2.45, 2.75) is 25.8 Å². The lowest BCUT2D eigenvalue weighted by atomic mass is 10.2. The van der Waals surface area contributed by atoms with E-state index in [0.717, 1.165) is 12.8 Å². The van der Waals surface area contributed by atoms with Crippen molar-refractivity contribution in [1.29, 1.82) is 0 Å². The van der Waals surface area contributed by atoms with E-state index in [4.69, 9.17) is 5.73 Å². The van der Waals surface area contributed by atoms with Gasteiger partial charge in [0.25, 0.3) is 0 Å². The fourth-order valence-corrected chi connectivity index (χ4v) is 3.03. The Morgan fingerprint density at radius 1 is 1.62 bits per heavy atom. The summed E-state index contributed by atoms with van der Waals surface area (Å²) in [5.41, 5.74) is 5.46. The normalized spacial score (nSPS) is 22.0. The van der Waals surface area contributed by atoms with Crippen LogP contribution < -0.4 is 10.5 Å². The molecule has 0 bridgehead atoms. The predicted octanol–water partition coefficient (Wildman–Crippen LogP) is -0.600. The van der Waals surface area contributed by atoms with Gasteiger partial charge in [0.05, 0.1) is 6.61 Å². The highest BCUT2D eigenvalue weighted by molar-refractivity contribution is 7.87. The number of hydrogen-bond acceptors (Lipinski definition) is 5.